The monoisotopic (exact) mass is 490 g/mol. The Bertz CT molecular complexity index is 1450. The van der Waals surface area contributed by atoms with E-state index in [1.165, 1.54) is 17.8 Å². The molecule has 0 saturated heterocycles. The molecule has 5 nitrogen and oxygen atoms in total. The van der Waals surface area contributed by atoms with Gasteiger partial charge in [0.25, 0.3) is 0 Å². The van der Waals surface area contributed by atoms with E-state index in [9.17, 15) is 0 Å². The summed E-state index contributed by atoms with van der Waals surface area (Å²) in [6.45, 7) is 2.05. The van der Waals surface area contributed by atoms with Crippen molar-refractivity contribution in [2.24, 2.45) is 0 Å². The third-order valence-electron chi connectivity index (χ3n) is 6.18. The van der Waals surface area contributed by atoms with E-state index in [0.717, 1.165) is 28.0 Å². The quantitative estimate of drug-likeness (QED) is 0.325. The van der Waals surface area contributed by atoms with Gasteiger partial charge in [0, 0.05) is 21.7 Å². The third-order valence-corrected chi connectivity index (χ3v) is 6.95. The minimum absolute atomic E-state index is 0.312. The number of thioether (sulfide) groups is 1. The van der Waals surface area contributed by atoms with Crippen molar-refractivity contribution in [3.05, 3.63) is 105 Å². The molecule has 0 fully saturated rings. The molecule has 0 spiro atoms. The number of fused-ring (bicyclic) bond motifs is 3. The minimum atomic E-state index is -0.556. The molecule has 0 aliphatic carbocycles. The Kier molecular flexibility index (Phi) is 5.12. The number of benzene rings is 3. The van der Waals surface area contributed by atoms with Crippen molar-refractivity contribution in [3.63, 3.8) is 0 Å². The highest BCUT2D eigenvalue weighted by atomic mass is 35.5. The maximum absolute atomic E-state index is 15.3. The van der Waals surface area contributed by atoms with Crippen molar-refractivity contribution in [1.82, 2.24) is 14.8 Å². The lowest BCUT2D eigenvalue weighted by Crippen LogP contribution is -2.32. The second kappa shape index (κ2) is 8.18. The summed E-state index contributed by atoms with van der Waals surface area (Å²) in [5, 5.41) is 9.35. The van der Waals surface area contributed by atoms with Crippen molar-refractivity contribution in [3.8, 4) is 5.75 Å². The maximum Gasteiger partial charge on any atom is 0.227 e. The second-order valence-electron chi connectivity index (χ2n) is 8.30. The average molecular weight is 491 g/mol. The number of anilines is 1. The van der Waals surface area contributed by atoms with Gasteiger partial charge in [-0.05, 0) is 43.0 Å². The Morgan fingerprint density at radius 3 is 2.65 bits per heavy atom. The molecule has 170 valence electrons. The first-order valence-electron chi connectivity index (χ1n) is 10.8. The van der Waals surface area contributed by atoms with Crippen LogP contribution >= 0.6 is 23.4 Å². The second-order valence-corrected chi connectivity index (χ2v) is 9.50. The van der Waals surface area contributed by atoms with Gasteiger partial charge in [0.2, 0.25) is 11.1 Å². The van der Waals surface area contributed by atoms with Crippen LogP contribution < -0.4 is 10.1 Å². The number of nitrogens with zero attached hydrogens (tertiary/aromatic N) is 3. The van der Waals surface area contributed by atoms with Crippen LogP contribution in [0.1, 0.15) is 34.4 Å². The van der Waals surface area contributed by atoms with Gasteiger partial charge in [-0.1, -0.05) is 71.4 Å². The van der Waals surface area contributed by atoms with Gasteiger partial charge >= 0.3 is 0 Å². The van der Waals surface area contributed by atoms with Gasteiger partial charge in [0.1, 0.15) is 23.7 Å². The molecule has 1 aromatic heterocycles. The van der Waals surface area contributed by atoms with Crippen LogP contribution in [0, 0.1) is 12.7 Å². The number of hydrogen-bond donors (Lipinski definition) is 1. The zero-order valence-corrected chi connectivity index (χ0v) is 20.0. The van der Waals surface area contributed by atoms with Gasteiger partial charge in [-0.25, -0.2) is 9.07 Å². The molecule has 4 aromatic rings. The fourth-order valence-electron chi connectivity index (χ4n) is 4.58. The number of hydrogen-bond acceptors (Lipinski definition) is 5. The van der Waals surface area contributed by atoms with Gasteiger partial charge in [-0.3, -0.25) is 0 Å². The predicted octanol–water partition coefficient (Wildman–Crippen LogP) is 6.66. The molecule has 2 aliphatic heterocycles. The summed E-state index contributed by atoms with van der Waals surface area (Å²) in [6.07, 6.45) is 1.46. The smallest absolute Gasteiger partial charge is 0.227 e. The first-order valence-corrected chi connectivity index (χ1v) is 12.4. The molecular weight excluding hydrogens is 471 g/mol. The molecule has 8 heteroatoms. The highest BCUT2D eigenvalue weighted by Gasteiger charge is 2.42. The van der Waals surface area contributed by atoms with E-state index >= 15 is 4.39 Å². The lowest BCUT2D eigenvalue weighted by molar-refractivity contribution is 0.222. The fourth-order valence-corrected chi connectivity index (χ4v) is 5.10. The Hall–Kier alpha value is -3.29. The zero-order valence-electron chi connectivity index (χ0n) is 18.4. The summed E-state index contributed by atoms with van der Waals surface area (Å²) >= 11 is 7.82. The number of nitrogens with one attached hydrogen (secondary N) is 1. The van der Waals surface area contributed by atoms with Gasteiger partial charge in [0.05, 0.1) is 5.70 Å². The maximum atomic E-state index is 15.3. The van der Waals surface area contributed by atoms with Crippen molar-refractivity contribution in [2.45, 2.75) is 24.2 Å². The molecule has 2 aliphatic rings. The van der Waals surface area contributed by atoms with E-state index < -0.39 is 12.1 Å². The molecule has 3 heterocycles. The molecule has 1 N–H and O–H groups in total. The van der Waals surface area contributed by atoms with Crippen LogP contribution in [0.25, 0.3) is 5.70 Å². The van der Waals surface area contributed by atoms with Gasteiger partial charge in [0.15, 0.2) is 0 Å². The Morgan fingerprint density at radius 1 is 1.09 bits per heavy atom. The van der Waals surface area contributed by atoms with Gasteiger partial charge in [-0.2, -0.15) is 4.98 Å². The third kappa shape index (κ3) is 3.38. The van der Waals surface area contributed by atoms with Crippen LogP contribution in [0.3, 0.4) is 0 Å². The van der Waals surface area contributed by atoms with Gasteiger partial charge in [-0.15, -0.1) is 5.10 Å². The molecule has 0 saturated carbocycles. The number of rotatable bonds is 3. The first-order chi connectivity index (χ1) is 16.5. The molecule has 0 unspecified atom stereocenters. The van der Waals surface area contributed by atoms with E-state index in [-0.39, 0.29) is 5.82 Å². The lowest BCUT2D eigenvalue weighted by Gasteiger charge is -2.39. The summed E-state index contributed by atoms with van der Waals surface area (Å²) in [5.74, 6) is 0.936. The van der Waals surface area contributed by atoms with E-state index in [0.29, 0.717) is 27.4 Å². The molecule has 0 amide bonds. The zero-order chi connectivity index (χ0) is 23.4. The average Bonchev–Trinajstić information content (AvgIpc) is 3.26. The molecule has 0 radical (unpaired) electrons. The van der Waals surface area contributed by atoms with Crippen molar-refractivity contribution in [2.75, 3.05) is 11.6 Å². The first kappa shape index (κ1) is 21.3. The molecule has 34 heavy (non-hydrogen) atoms. The number of aryl methyl sites for hydroxylation is 1. The van der Waals surface area contributed by atoms with E-state index in [2.05, 4.69) is 22.4 Å². The van der Waals surface area contributed by atoms with Crippen LogP contribution in [0.5, 0.6) is 5.75 Å². The van der Waals surface area contributed by atoms with Crippen LogP contribution in [0.4, 0.5) is 10.3 Å². The van der Waals surface area contributed by atoms with Crippen LogP contribution in [-0.2, 0) is 0 Å². The normalized spacial score (nSPS) is 18.5. The molecule has 3 aromatic carbocycles. The van der Waals surface area contributed by atoms with E-state index in [1.54, 1.807) is 16.8 Å². The van der Waals surface area contributed by atoms with Crippen molar-refractivity contribution >= 4 is 35.0 Å². The SMILES string of the molecule is CSc1nc2n(n1)[C@@H](c1ccccc1F)C1=C(N2)c2cc(Cl)ccc2O[C@@H]1c1ccc(C)cc1. The summed E-state index contributed by atoms with van der Waals surface area (Å²) in [6, 6.07) is 20.0. The topological polar surface area (TPSA) is 52.0 Å². The largest absolute Gasteiger partial charge is 0.480 e. The Balaban J connectivity index is 1.66. The van der Waals surface area contributed by atoms with Crippen molar-refractivity contribution in [1.29, 1.82) is 0 Å². The summed E-state index contributed by atoms with van der Waals surface area (Å²) in [4.78, 5) is 4.64. The number of halogens is 2. The number of aromatic nitrogens is 3. The summed E-state index contributed by atoms with van der Waals surface area (Å²) in [5.41, 5.74) is 5.10. The summed E-state index contributed by atoms with van der Waals surface area (Å²) in [7, 11) is 0. The van der Waals surface area contributed by atoms with E-state index in [4.69, 9.17) is 21.4 Å². The molecule has 6 rings (SSSR count). The fraction of sp³-hybridized carbons (Fsp3) is 0.154. The number of ether oxygens (including phenoxy) is 1. The highest BCUT2D eigenvalue weighted by molar-refractivity contribution is 7.98. The van der Waals surface area contributed by atoms with Crippen LogP contribution in [0.2, 0.25) is 5.02 Å². The standard InChI is InChI=1S/C26H20ClFN4OS/c1-14-7-9-15(10-8-14)24-21-22(18-13-16(27)11-12-20(18)33-24)29-25-30-26(34-2)31-32(25)23(21)17-5-3-4-6-19(17)28/h3-13,23-24H,1-2H3,(H,29,30,31)/t23-,24+/m0/s1. The van der Waals surface area contributed by atoms with Crippen LogP contribution in [0.15, 0.2) is 77.5 Å². The Labute approximate surface area is 205 Å². The molecule has 2 atom stereocenters. The molecular formula is C26H20ClFN4OS. The highest BCUT2D eigenvalue weighted by Crippen LogP contribution is 2.51. The predicted molar refractivity (Wildman–Crippen MR) is 133 cm³/mol. The Morgan fingerprint density at radius 2 is 1.88 bits per heavy atom. The summed E-state index contributed by atoms with van der Waals surface area (Å²) < 4.78 is 23.6. The van der Waals surface area contributed by atoms with Crippen molar-refractivity contribution < 1.29 is 9.13 Å². The molecule has 0 bridgehead atoms. The lowest BCUT2D eigenvalue weighted by atomic mass is 9.84. The van der Waals surface area contributed by atoms with Gasteiger partial charge < -0.3 is 10.1 Å². The minimum Gasteiger partial charge on any atom is -0.480 e. The van der Waals surface area contributed by atoms with E-state index in [1.807, 2.05) is 49.6 Å². The van der Waals surface area contributed by atoms with Crippen LogP contribution in [-0.4, -0.2) is 21.0 Å².